The number of hydrogen-bond acceptors (Lipinski definition) is 8. The van der Waals surface area contributed by atoms with Gasteiger partial charge in [-0.2, -0.15) is 13.2 Å². The van der Waals surface area contributed by atoms with Gasteiger partial charge in [0, 0.05) is 11.6 Å². The van der Waals surface area contributed by atoms with Crippen LogP contribution in [-0.2, 0) is 15.7 Å². The van der Waals surface area contributed by atoms with Gasteiger partial charge in [-0.05, 0) is 12.1 Å². The van der Waals surface area contributed by atoms with Crippen molar-refractivity contribution in [3.05, 3.63) is 54.2 Å². The lowest BCUT2D eigenvalue weighted by molar-refractivity contribution is -0.142. The first-order chi connectivity index (χ1) is 14.7. The summed E-state index contributed by atoms with van der Waals surface area (Å²) in [5.74, 6) is -1.62. The molecule has 0 bridgehead atoms. The van der Waals surface area contributed by atoms with E-state index < -0.39 is 17.8 Å². The molecule has 0 radical (unpaired) electrons. The van der Waals surface area contributed by atoms with Crippen molar-refractivity contribution in [2.24, 2.45) is 0 Å². The van der Waals surface area contributed by atoms with Crippen LogP contribution in [0.5, 0.6) is 17.5 Å². The fourth-order valence-corrected chi connectivity index (χ4v) is 2.52. The average Bonchev–Trinajstić information content (AvgIpc) is 3.23. The summed E-state index contributed by atoms with van der Waals surface area (Å²) < 4.78 is 58.7. The second-order valence-electron chi connectivity index (χ2n) is 5.84. The number of hydrogen-bond donors (Lipinski definition) is 1. The molecule has 0 fully saturated rings. The second-order valence-corrected chi connectivity index (χ2v) is 5.84. The van der Waals surface area contributed by atoms with Gasteiger partial charge in [0.1, 0.15) is 23.2 Å². The van der Waals surface area contributed by atoms with E-state index in [-0.39, 0.29) is 40.0 Å². The number of benzene rings is 1. The van der Waals surface area contributed by atoms with Crippen LogP contribution < -0.4 is 9.47 Å². The van der Waals surface area contributed by atoms with Gasteiger partial charge < -0.3 is 23.8 Å². The van der Waals surface area contributed by atoms with Crippen molar-refractivity contribution in [2.45, 2.75) is 6.18 Å². The standard InChI is InChI=1S/C19H14F3N3O6/c1-28-8-12(18(26)27)15-16(29-2)23-9-24-17(15)30-11-5-3-4-10(6-11)13-7-14(25-31-13)19(20,21)22/h3-9H,1-2H3,(H,26,27)/b12-8-. The number of carbonyl (C=O) groups is 1. The fraction of sp³-hybridized carbons (Fsp3) is 0.158. The maximum atomic E-state index is 12.8. The van der Waals surface area contributed by atoms with Crippen molar-refractivity contribution in [1.29, 1.82) is 0 Å². The molecule has 0 saturated heterocycles. The quantitative estimate of drug-likeness (QED) is 0.432. The molecule has 0 spiro atoms. The molecular weight excluding hydrogens is 423 g/mol. The van der Waals surface area contributed by atoms with E-state index in [1.165, 1.54) is 38.5 Å². The minimum atomic E-state index is -4.65. The van der Waals surface area contributed by atoms with Crippen LogP contribution in [0.4, 0.5) is 13.2 Å². The van der Waals surface area contributed by atoms with Crippen LogP contribution in [0.25, 0.3) is 16.9 Å². The molecular formula is C19H14F3N3O6. The highest BCUT2D eigenvalue weighted by Gasteiger charge is 2.35. The zero-order valence-electron chi connectivity index (χ0n) is 16.0. The second kappa shape index (κ2) is 8.73. The maximum absolute atomic E-state index is 12.8. The van der Waals surface area contributed by atoms with Gasteiger partial charge >= 0.3 is 12.1 Å². The third-order valence-electron chi connectivity index (χ3n) is 3.84. The Morgan fingerprint density at radius 3 is 2.52 bits per heavy atom. The molecule has 0 amide bonds. The van der Waals surface area contributed by atoms with Crippen molar-refractivity contribution in [2.75, 3.05) is 14.2 Å². The third kappa shape index (κ3) is 4.74. The molecule has 0 atom stereocenters. The first-order valence-corrected chi connectivity index (χ1v) is 8.42. The van der Waals surface area contributed by atoms with E-state index >= 15 is 0 Å². The first-order valence-electron chi connectivity index (χ1n) is 8.42. The van der Waals surface area contributed by atoms with Gasteiger partial charge in [-0.25, -0.2) is 14.8 Å². The Labute approximate surface area is 172 Å². The Balaban J connectivity index is 2.01. The number of nitrogens with zero attached hydrogens (tertiary/aromatic N) is 3. The lowest BCUT2D eigenvalue weighted by Gasteiger charge is -2.13. The number of aromatic nitrogens is 3. The Morgan fingerprint density at radius 2 is 1.90 bits per heavy atom. The average molecular weight is 437 g/mol. The molecule has 1 N–H and O–H groups in total. The summed E-state index contributed by atoms with van der Waals surface area (Å²) in [5, 5.41) is 12.5. The topological polar surface area (TPSA) is 117 Å². The molecule has 9 nitrogen and oxygen atoms in total. The summed E-state index contributed by atoms with van der Waals surface area (Å²) in [6.07, 6.45) is -2.59. The van der Waals surface area contributed by atoms with Crippen molar-refractivity contribution in [3.8, 4) is 28.8 Å². The highest BCUT2D eigenvalue weighted by Crippen LogP contribution is 2.36. The smallest absolute Gasteiger partial charge is 0.436 e. The maximum Gasteiger partial charge on any atom is 0.436 e. The highest BCUT2D eigenvalue weighted by molar-refractivity contribution is 6.16. The van der Waals surface area contributed by atoms with E-state index in [4.69, 9.17) is 18.7 Å². The van der Waals surface area contributed by atoms with E-state index in [0.717, 1.165) is 18.7 Å². The largest absolute Gasteiger partial charge is 0.503 e. The Kier molecular flexibility index (Phi) is 6.09. The van der Waals surface area contributed by atoms with Crippen LogP contribution in [0.2, 0.25) is 0 Å². The fourth-order valence-electron chi connectivity index (χ4n) is 2.52. The number of methoxy groups -OCH3 is 2. The van der Waals surface area contributed by atoms with Crippen LogP contribution in [0, 0.1) is 0 Å². The summed E-state index contributed by atoms with van der Waals surface area (Å²) in [4.78, 5) is 19.5. The molecule has 0 aliphatic carbocycles. The monoisotopic (exact) mass is 437 g/mol. The van der Waals surface area contributed by atoms with Gasteiger partial charge in [-0.1, -0.05) is 17.3 Å². The van der Waals surface area contributed by atoms with Gasteiger partial charge in [-0.3, -0.25) is 0 Å². The van der Waals surface area contributed by atoms with Gasteiger partial charge in [0.2, 0.25) is 11.8 Å². The van der Waals surface area contributed by atoms with Crippen molar-refractivity contribution in [3.63, 3.8) is 0 Å². The lowest BCUT2D eigenvalue weighted by Crippen LogP contribution is -2.07. The predicted molar refractivity (Wildman–Crippen MR) is 98.2 cm³/mol. The van der Waals surface area contributed by atoms with Crippen molar-refractivity contribution < 1.29 is 41.8 Å². The van der Waals surface area contributed by atoms with E-state index in [2.05, 4.69) is 15.1 Å². The van der Waals surface area contributed by atoms with Crippen molar-refractivity contribution >= 4 is 11.5 Å². The molecule has 2 heterocycles. The van der Waals surface area contributed by atoms with E-state index in [1.54, 1.807) is 0 Å². The normalized spacial score (nSPS) is 11.8. The molecule has 1 aromatic carbocycles. The number of rotatable bonds is 7. The Bertz CT molecular complexity index is 1130. The molecule has 0 saturated carbocycles. The van der Waals surface area contributed by atoms with Gasteiger partial charge in [0.15, 0.2) is 11.5 Å². The minimum absolute atomic E-state index is 0.0862. The highest BCUT2D eigenvalue weighted by atomic mass is 19.4. The van der Waals surface area contributed by atoms with E-state index in [0.29, 0.717) is 0 Å². The van der Waals surface area contributed by atoms with E-state index in [1.807, 2.05) is 0 Å². The van der Waals surface area contributed by atoms with Crippen LogP contribution in [0.15, 0.2) is 47.4 Å². The van der Waals surface area contributed by atoms with Gasteiger partial charge in [0.25, 0.3) is 0 Å². The zero-order valence-corrected chi connectivity index (χ0v) is 16.0. The summed E-state index contributed by atoms with van der Waals surface area (Å²) in [6, 6.07) is 6.61. The van der Waals surface area contributed by atoms with Gasteiger partial charge in [-0.15, -0.1) is 0 Å². The summed E-state index contributed by atoms with van der Waals surface area (Å²) >= 11 is 0. The van der Waals surface area contributed by atoms with Crippen LogP contribution in [0.1, 0.15) is 11.3 Å². The molecule has 3 aromatic rings. The molecule has 3 rings (SSSR count). The van der Waals surface area contributed by atoms with E-state index in [9.17, 15) is 23.1 Å². The number of ether oxygens (including phenoxy) is 3. The van der Waals surface area contributed by atoms with Crippen molar-refractivity contribution in [1.82, 2.24) is 15.1 Å². The van der Waals surface area contributed by atoms with Gasteiger partial charge in [0.05, 0.1) is 20.5 Å². The summed E-state index contributed by atoms with van der Waals surface area (Å²) in [6.45, 7) is 0. The predicted octanol–water partition coefficient (Wildman–Crippen LogP) is 4.02. The zero-order chi connectivity index (χ0) is 22.6. The number of alkyl halides is 3. The molecule has 31 heavy (non-hydrogen) atoms. The third-order valence-corrected chi connectivity index (χ3v) is 3.84. The molecule has 0 aliphatic heterocycles. The minimum Gasteiger partial charge on any atom is -0.503 e. The number of carboxylic acids is 1. The Morgan fingerprint density at radius 1 is 1.16 bits per heavy atom. The summed E-state index contributed by atoms with van der Waals surface area (Å²) in [5.41, 5.74) is -1.36. The molecule has 2 aromatic heterocycles. The number of halogens is 3. The summed E-state index contributed by atoms with van der Waals surface area (Å²) in [7, 11) is 2.54. The first kappa shape index (κ1) is 21.6. The number of carboxylic acid groups (broad SMARTS) is 1. The molecule has 0 aliphatic rings. The number of aliphatic carboxylic acids is 1. The Hall–Kier alpha value is -4.09. The SMILES string of the molecule is CO/C=C(\C(=O)O)c1c(OC)ncnc1Oc1cccc(-c2cc(C(F)(F)F)no2)c1. The van der Waals surface area contributed by atoms with Crippen LogP contribution >= 0.6 is 0 Å². The van der Waals surface area contributed by atoms with Crippen LogP contribution in [-0.4, -0.2) is 40.4 Å². The van der Waals surface area contributed by atoms with Crippen LogP contribution in [0.3, 0.4) is 0 Å². The molecule has 0 unspecified atom stereocenters. The lowest BCUT2D eigenvalue weighted by atomic mass is 10.1. The molecule has 162 valence electrons. The molecule has 12 heteroatoms.